The van der Waals surface area contributed by atoms with E-state index in [1.165, 1.54) is 28.7 Å². The molecule has 42 heavy (non-hydrogen) atoms. The van der Waals surface area contributed by atoms with Crippen molar-refractivity contribution in [2.75, 3.05) is 58.2 Å². The first-order valence-electron chi connectivity index (χ1n) is 12.8. The Labute approximate surface area is 265 Å². The normalized spacial score (nSPS) is 14.6. The van der Waals surface area contributed by atoms with Crippen LogP contribution in [0.25, 0.3) is 0 Å². The SMILES string of the molecule is CCOC(=O)C1=C(COCCNC(=O)OCCSSCCO[N+](=O)[O-])NC(C)=C(C(=O)OC)C1c1ccccc1CI. The van der Waals surface area contributed by atoms with E-state index in [0.29, 0.717) is 32.9 Å². The molecule has 1 aromatic carbocycles. The topological polar surface area (TPSA) is 165 Å². The molecule has 0 fully saturated rings. The molecule has 0 spiro atoms. The Kier molecular flexibility index (Phi) is 16.5. The van der Waals surface area contributed by atoms with E-state index in [4.69, 9.17) is 18.9 Å². The van der Waals surface area contributed by atoms with Crippen LogP contribution >= 0.6 is 44.2 Å². The van der Waals surface area contributed by atoms with Gasteiger partial charge in [-0.3, -0.25) is 0 Å². The van der Waals surface area contributed by atoms with E-state index < -0.39 is 29.0 Å². The molecule has 1 heterocycles. The average Bonchev–Trinajstić information content (AvgIpc) is 2.97. The van der Waals surface area contributed by atoms with Gasteiger partial charge in [-0.05, 0) is 25.0 Å². The molecule has 1 atom stereocenters. The zero-order valence-corrected chi connectivity index (χ0v) is 27.3. The summed E-state index contributed by atoms with van der Waals surface area (Å²) in [5.74, 6) is -0.922. The quantitative estimate of drug-likeness (QED) is 0.0326. The summed E-state index contributed by atoms with van der Waals surface area (Å²) in [7, 11) is 4.08. The minimum atomic E-state index is -0.841. The van der Waals surface area contributed by atoms with Gasteiger partial charge in [0.25, 0.3) is 5.09 Å². The maximum Gasteiger partial charge on any atom is 0.407 e. The minimum Gasteiger partial charge on any atom is -0.466 e. The van der Waals surface area contributed by atoms with Gasteiger partial charge in [-0.2, -0.15) is 0 Å². The van der Waals surface area contributed by atoms with Crippen molar-refractivity contribution < 1.29 is 43.3 Å². The number of alkyl halides is 1. The number of ether oxygens (including phenoxy) is 4. The van der Waals surface area contributed by atoms with Crippen LogP contribution in [-0.4, -0.2) is 81.3 Å². The van der Waals surface area contributed by atoms with Gasteiger partial charge in [0.2, 0.25) is 0 Å². The number of dihydropyridines is 1. The lowest BCUT2D eigenvalue weighted by Gasteiger charge is -2.32. The third-order valence-electron chi connectivity index (χ3n) is 5.66. The van der Waals surface area contributed by atoms with Crippen molar-refractivity contribution in [1.29, 1.82) is 0 Å². The first kappa shape index (κ1) is 35.5. The number of nitrogens with one attached hydrogen (secondary N) is 2. The number of amides is 1. The number of carbonyl (C=O) groups is 3. The van der Waals surface area contributed by atoms with Crippen LogP contribution in [0.5, 0.6) is 0 Å². The lowest BCUT2D eigenvalue weighted by atomic mass is 9.78. The largest absolute Gasteiger partial charge is 0.466 e. The number of halogens is 1. The van der Waals surface area contributed by atoms with E-state index in [2.05, 4.69) is 38.1 Å². The fourth-order valence-electron chi connectivity index (χ4n) is 3.97. The van der Waals surface area contributed by atoms with Gasteiger partial charge >= 0.3 is 18.0 Å². The van der Waals surface area contributed by atoms with Crippen molar-refractivity contribution in [3.8, 4) is 0 Å². The van der Waals surface area contributed by atoms with Gasteiger partial charge < -0.3 is 34.4 Å². The Bertz CT molecular complexity index is 1160. The monoisotopic (exact) mass is 739 g/mol. The van der Waals surface area contributed by atoms with E-state index in [-0.39, 0.29) is 45.2 Å². The number of allylic oxidation sites excluding steroid dienone is 1. The van der Waals surface area contributed by atoms with E-state index in [9.17, 15) is 24.5 Å². The summed E-state index contributed by atoms with van der Waals surface area (Å²) < 4.78 is 22.0. The number of benzene rings is 1. The van der Waals surface area contributed by atoms with Gasteiger partial charge in [0, 0.05) is 28.2 Å². The van der Waals surface area contributed by atoms with Crippen molar-refractivity contribution in [1.82, 2.24) is 10.6 Å². The Morgan fingerprint density at radius 1 is 1.07 bits per heavy atom. The molecule has 1 aliphatic heterocycles. The predicted molar refractivity (Wildman–Crippen MR) is 166 cm³/mol. The third-order valence-corrected chi connectivity index (χ3v) is 8.82. The Hall–Kier alpha value is -2.70. The second-order valence-electron chi connectivity index (χ2n) is 8.35. The summed E-state index contributed by atoms with van der Waals surface area (Å²) in [4.78, 5) is 52.4. The van der Waals surface area contributed by atoms with Crippen molar-refractivity contribution in [3.63, 3.8) is 0 Å². The molecule has 2 N–H and O–H groups in total. The third kappa shape index (κ3) is 11.2. The summed E-state index contributed by atoms with van der Waals surface area (Å²) in [6.07, 6.45) is -0.611. The van der Waals surface area contributed by atoms with E-state index in [0.717, 1.165) is 11.1 Å². The molecule has 232 valence electrons. The van der Waals surface area contributed by atoms with Gasteiger partial charge in [0.1, 0.15) is 13.2 Å². The molecule has 1 amide bonds. The zero-order chi connectivity index (χ0) is 30.9. The number of alkyl carbamates (subject to hydrolysis) is 1. The predicted octanol–water partition coefficient (Wildman–Crippen LogP) is 3.91. The molecule has 0 aromatic heterocycles. The van der Waals surface area contributed by atoms with E-state index in [1.54, 1.807) is 13.8 Å². The van der Waals surface area contributed by atoms with Crippen LogP contribution in [0.15, 0.2) is 46.8 Å². The maximum atomic E-state index is 13.3. The Morgan fingerprint density at radius 2 is 1.79 bits per heavy atom. The number of carbonyl (C=O) groups excluding carboxylic acids is 3. The maximum absolute atomic E-state index is 13.3. The van der Waals surface area contributed by atoms with Gasteiger partial charge in [-0.1, -0.05) is 68.4 Å². The highest BCUT2D eigenvalue weighted by Crippen LogP contribution is 2.41. The van der Waals surface area contributed by atoms with Crippen LogP contribution in [0.2, 0.25) is 0 Å². The summed E-state index contributed by atoms with van der Waals surface area (Å²) in [6, 6.07) is 7.59. The summed E-state index contributed by atoms with van der Waals surface area (Å²) in [6.45, 7) is 4.02. The van der Waals surface area contributed by atoms with Crippen molar-refractivity contribution >= 4 is 62.2 Å². The number of rotatable bonds is 18. The van der Waals surface area contributed by atoms with Crippen LogP contribution in [0.3, 0.4) is 0 Å². The Morgan fingerprint density at radius 3 is 2.45 bits per heavy atom. The fraction of sp³-hybridized carbons (Fsp3) is 0.500. The molecule has 1 aromatic rings. The summed E-state index contributed by atoms with van der Waals surface area (Å²) in [5.41, 5.74) is 3.31. The standard InChI is InChI=1S/C26H34IN3O10S2/c1-4-38-25(32)23-20(16-37-10-9-28-26(33)39-11-13-41-42-14-12-40-30(34)35)29-17(2)21(24(31)36-3)22(23)19-8-6-5-7-18(19)15-27/h5-8,22,29H,4,9-16H2,1-3H3,(H,28,33). The molecule has 0 aliphatic carbocycles. The van der Waals surface area contributed by atoms with Crippen LogP contribution in [0.1, 0.15) is 30.9 Å². The fourth-order valence-corrected chi connectivity index (χ4v) is 6.31. The van der Waals surface area contributed by atoms with Crippen molar-refractivity contribution in [2.24, 2.45) is 0 Å². The first-order chi connectivity index (χ1) is 20.2. The van der Waals surface area contributed by atoms with E-state index in [1.807, 2.05) is 24.3 Å². The second kappa shape index (κ2) is 19.5. The van der Waals surface area contributed by atoms with E-state index >= 15 is 0 Å². The molecule has 0 saturated heterocycles. The molecule has 0 bridgehead atoms. The second-order valence-corrected chi connectivity index (χ2v) is 11.8. The van der Waals surface area contributed by atoms with Crippen molar-refractivity contribution in [2.45, 2.75) is 24.2 Å². The molecule has 1 unspecified atom stereocenters. The van der Waals surface area contributed by atoms with Crippen molar-refractivity contribution in [3.05, 3.63) is 68.0 Å². The number of methoxy groups -OCH3 is 1. The molecule has 13 nitrogen and oxygen atoms in total. The zero-order valence-electron chi connectivity index (χ0n) is 23.5. The number of hydrogen-bond acceptors (Lipinski definition) is 13. The Balaban J connectivity index is 2.02. The lowest BCUT2D eigenvalue weighted by Crippen LogP contribution is -2.35. The first-order valence-corrected chi connectivity index (χ1v) is 16.9. The molecule has 2 rings (SSSR count). The minimum absolute atomic E-state index is 0.00556. The van der Waals surface area contributed by atoms with Crippen LogP contribution in [0.4, 0.5) is 4.79 Å². The lowest BCUT2D eigenvalue weighted by molar-refractivity contribution is -0.756. The molecule has 1 aliphatic rings. The smallest absolute Gasteiger partial charge is 0.407 e. The van der Waals surface area contributed by atoms with Gasteiger partial charge in [-0.25, -0.2) is 14.4 Å². The molecule has 16 heteroatoms. The molecular weight excluding hydrogens is 705 g/mol. The number of nitrogens with zero attached hydrogens (tertiary/aromatic N) is 1. The summed E-state index contributed by atoms with van der Waals surface area (Å²) in [5, 5.41) is 15.0. The summed E-state index contributed by atoms with van der Waals surface area (Å²) >= 11 is 2.24. The van der Waals surface area contributed by atoms with Crippen LogP contribution in [-0.2, 0) is 37.8 Å². The number of esters is 2. The molecule has 0 saturated carbocycles. The highest BCUT2D eigenvalue weighted by atomic mass is 127. The molecular formula is C26H34IN3O10S2. The average molecular weight is 740 g/mol. The van der Waals surface area contributed by atoms with Crippen LogP contribution in [0, 0.1) is 10.1 Å². The highest BCUT2D eigenvalue weighted by molar-refractivity contribution is 14.1. The van der Waals surface area contributed by atoms with Gasteiger partial charge in [0.05, 0.1) is 49.7 Å². The van der Waals surface area contributed by atoms with Crippen LogP contribution < -0.4 is 10.6 Å². The van der Waals surface area contributed by atoms with Gasteiger partial charge in [-0.15, -0.1) is 10.1 Å². The molecule has 0 radical (unpaired) electrons. The highest BCUT2D eigenvalue weighted by Gasteiger charge is 2.39. The number of hydrogen-bond donors (Lipinski definition) is 2. The van der Waals surface area contributed by atoms with Gasteiger partial charge in [0.15, 0.2) is 0 Å².